The number of hydrogen-bond acceptors (Lipinski definition) is 7. The topological polar surface area (TPSA) is 127 Å². The summed E-state index contributed by atoms with van der Waals surface area (Å²) in [5.74, 6) is -1.14. The first-order chi connectivity index (χ1) is 8.56. The van der Waals surface area contributed by atoms with Gasteiger partial charge in [0.1, 0.15) is 6.54 Å². The molecule has 0 unspecified atom stereocenters. The fourth-order valence-corrected chi connectivity index (χ4v) is 1.27. The monoisotopic (exact) mass is 248 g/mol. The van der Waals surface area contributed by atoms with E-state index in [-0.39, 0.29) is 11.5 Å². The summed E-state index contributed by atoms with van der Waals surface area (Å²) in [7, 11) is 0. The zero-order valence-corrected chi connectivity index (χ0v) is 8.89. The number of benzene rings is 1. The Hall–Kier alpha value is -2.84. The highest BCUT2D eigenvalue weighted by Crippen LogP contribution is 2.18. The molecule has 0 amide bonds. The zero-order valence-electron chi connectivity index (χ0n) is 8.89. The molecule has 0 atom stereocenters. The summed E-state index contributed by atoms with van der Waals surface area (Å²) in [5.41, 5.74) is 0.450. The van der Waals surface area contributed by atoms with E-state index in [1.165, 1.54) is 24.3 Å². The number of carbonyl (C=O) groups excluding carboxylic acids is 1. The molecule has 1 aromatic carbocycles. The van der Waals surface area contributed by atoms with Crippen molar-refractivity contribution in [3.05, 3.63) is 34.4 Å². The van der Waals surface area contributed by atoms with Gasteiger partial charge in [-0.25, -0.2) is 0 Å². The molecule has 2 aromatic rings. The Morgan fingerprint density at radius 2 is 2.00 bits per heavy atom. The van der Waals surface area contributed by atoms with Crippen molar-refractivity contribution in [3.63, 3.8) is 0 Å². The minimum Gasteiger partial charge on any atom is -0.548 e. The van der Waals surface area contributed by atoms with Gasteiger partial charge in [-0.2, -0.15) is 4.80 Å². The van der Waals surface area contributed by atoms with Crippen LogP contribution in [0.1, 0.15) is 0 Å². The van der Waals surface area contributed by atoms with Crippen LogP contribution in [0.3, 0.4) is 0 Å². The van der Waals surface area contributed by atoms with Gasteiger partial charge in [0.2, 0.25) is 5.82 Å². The molecule has 0 radical (unpaired) electrons. The van der Waals surface area contributed by atoms with Crippen molar-refractivity contribution in [3.8, 4) is 11.4 Å². The minimum atomic E-state index is -1.33. The van der Waals surface area contributed by atoms with Gasteiger partial charge in [-0.1, -0.05) is 0 Å². The van der Waals surface area contributed by atoms with Crippen LogP contribution in [0.5, 0.6) is 0 Å². The molecule has 0 saturated carbocycles. The highest BCUT2D eigenvalue weighted by Gasteiger charge is 2.09. The summed E-state index contributed by atoms with van der Waals surface area (Å²) in [5, 5.41) is 31.7. The summed E-state index contributed by atoms with van der Waals surface area (Å²) < 4.78 is 0. The second-order valence-electron chi connectivity index (χ2n) is 3.32. The molecule has 0 N–H and O–H groups in total. The Morgan fingerprint density at radius 1 is 1.33 bits per heavy atom. The number of aromatic nitrogens is 4. The largest absolute Gasteiger partial charge is 0.548 e. The standard InChI is InChI=1S/C9H7N5O4/c15-8(16)5-13-11-9(10-12-13)6-1-3-7(4-2-6)14(17)18/h1-4H,5H2,(H,15,16)/p-1. The van der Waals surface area contributed by atoms with Crippen molar-refractivity contribution >= 4 is 11.7 Å². The molecule has 0 aliphatic heterocycles. The third-order valence-electron chi connectivity index (χ3n) is 2.06. The number of tetrazole rings is 1. The number of non-ortho nitro benzene ring substituents is 1. The number of aliphatic carboxylic acids is 1. The van der Waals surface area contributed by atoms with Crippen LogP contribution in [0.25, 0.3) is 11.4 Å². The van der Waals surface area contributed by atoms with E-state index in [1.54, 1.807) is 0 Å². The van der Waals surface area contributed by atoms with Crippen molar-refractivity contribution in [2.45, 2.75) is 6.54 Å². The number of nitrogens with zero attached hydrogens (tertiary/aromatic N) is 5. The van der Waals surface area contributed by atoms with Crippen LogP contribution in [0.15, 0.2) is 24.3 Å². The molecule has 0 aliphatic carbocycles. The van der Waals surface area contributed by atoms with E-state index in [0.717, 1.165) is 4.80 Å². The minimum absolute atomic E-state index is 0.0547. The molecule has 0 fully saturated rings. The van der Waals surface area contributed by atoms with Gasteiger partial charge < -0.3 is 9.90 Å². The fraction of sp³-hybridized carbons (Fsp3) is 0.111. The predicted molar refractivity (Wildman–Crippen MR) is 54.9 cm³/mol. The van der Waals surface area contributed by atoms with Gasteiger partial charge in [0.05, 0.1) is 10.9 Å². The normalized spacial score (nSPS) is 10.2. The molecule has 18 heavy (non-hydrogen) atoms. The van der Waals surface area contributed by atoms with E-state index in [2.05, 4.69) is 15.4 Å². The summed E-state index contributed by atoms with van der Waals surface area (Å²) in [6, 6.07) is 5.51. The maximum Gasteiger partial charge on any atom is 0.269 e. The number of hydrogen-bond donors (Lipinski definition) is 0. The number of carboxylic acids is 1. The van der Waals surface area contributed by atoms with Crippen LogP contribution in [-0.4, -0.2) is 31.1 Å². The number of rotatable bonds is 4. The second-order valence-corrected chi connectivity index (χ2v) is 3.32. The molecule has 92 valence electrons. The van der Waals surface area contributed by atoms with Gasteiger partial charge in [-0.15, -0.1) is 10.2 Å². The second kappa shape index (κ2) is 4.57. The van der Waals surface area contributed by atoms with E-state index in [4.69, 9.17) is 0 Å². The molecule has 2 rings (SSSR count). The number of carbonyl (C=O) groups is 1. The van der Waals surface area contributed by atoms with Crippen molar-refractivity contribution < 1.29 is 14.8 Å². The summed E-state index contributed by atoms with van der Waals surface area (Å²) in [4.78, 5) is 21.1. The molecule has 9 heteroatoms. The van der Waals surface area contributed by atoms with Crippen molar-refractivity contribution in [2.24, 2.45) is 0 Å². The third kappa shape index (κ3) is 2.45. The van der Waals surface area contributed by atoms with E-state index in [0.29, 0.717) is 5.56 Å². The Balaban J connectivity index is 2.23. The van der Waals surface area contributed by atoms with Crippen LogP contribution < -0.4 is 5.11 Å². The van der Waals surface area contributed by atoms with E-state index < -0.39 is 17.4 Å². The maximum atomic E-state index is 10.5. The molecule has 0 saturated heterocycles. The van der Waals surface area contributed by atoms with Crippen molar-refractivity contribution in [1.29, 1.82) is 0 Å². The number of nitro benzene ring substituents is 1. The van der Waals surface area contributed by atoms with Gasteiger partial charge in [-0.3, -0.25) is 10.1 Å². The lowest BCUT2D eigenvalue weighted by Crippen LogP contribution is -2.28. The smallest absolute Gasteiger partial charge is 0.269 e. The van der Waals surface area contributed by atoms with Crippen molar-refractivity contribution in [1.82, 2.24) is 20.2 Å². The van der Waals surface area contributed by atoms with Gasteiger partial charge in [-0.05, 0) is 17.3 Å². The van der Waals surface area contributed by atoms with Gasteiger partial charge in [0.15, 0.2) is 0 Å². The lowest BCUT2D eigenvalue weighted by Gasteiger charge is -1.97. The van der Waals surface area contributed by atoms with Crippen LogP contribution in [0.4, 0.5) is 5.69 Å². The quantitative estimate of drug-likeness (QED) is 0.501. The number of carboxylic acid groups (broad SMARTS) is 1. The number of nitro groups is 1. The van der Waals surface area contributed by atoms with Crippen LogP contribution in [0.2, 0.25) is 0 Å². The Morgan fingerprint density at radius 3 is 2.56 bits per heavy atom. The van der Waals surface area contributed by atoms with Crippen LogP contribution in [-0.2, 0) is 11.3 Å². The van der Waals surface area contributed by atoms with E-state index in [1.807, 2.05) is 0 Å². The predicted octanol–water partition coefficient (Wildman–Crippen LogP) is -1.00. The molecular weight excluding hydrogens is 242 g/mol. The Kier molecular flexibility index (Phi) is 2.96. The van der Waals surface area contributed by atoms with Crippen LogP contribution >= 0.6 is 0 Å². The lowest BCUT2D eigenvalue weighted by atomic mass is 10.2. The average molecular weight is 248 g/mol. The first-order valence-electron chi connectivity index (χ1n) is 4.79. The maximum absolute atomic E-state index is 10.5. The summed E-state index contributed by atoms with van der Waals surface area (Å²) in [6.07, 6.45) is 0. The first-order valence-corrected chi connectivity index (χ1v) is 4.79. The van der Waals surface area contributed by atoms with Gasteiger partial charge >= 0.3 is 0 Å². The molecule has 0 spiro atoms. The van der Waals surface area contributed by atoms with E-state index in [9.17, 15) is 20.0 Å². The highest BCUT2D eigenvalue weighted by molar-refractivity contribution is 5.63. The Labute approximate surface area is 99.8 Å². The molecule has 9 nitrogen and oxygen atoms in total. The van der Waals surface area contributed by atoms with Crippen molar-refractivity contribution in [2.75, 3.05) is 0 Å². The molecule has 0 bridgehead atoms. The third-order valence-corrected chi connectivity index (χ3v) is 2.06. The molecular formula is C9H6N5O4-. The van der Waals surface area contributed by atoms with Gasteiger partial charge in [0, 0.05) is 17.7 Å². The fourth-order valence-electron chi connectivity index (χ4n) is 1.27. The zero-order chi connectivity index (χ0) is 13.1. The first kappa shape index (κ1) is 11.6. The Bertz CT molecular complexity index is 591. The molecule has 1 heterocycles. The molecule has 0 aliphatic rings. The average Bonchev–Trinajstić information content (AvgIpc) is 2.76. The lowest BCUT2D eigenvalue weighted by molar-refractivity contribution is -0.384. The van der Waals surface area contributed by atoms with Crippen LogP contribution in [0, 0.1) is 10.1 Å². The molecule has 1 aromatic heterocycles. The van der Waals surface area contributed by atoms with E-state index >= 15 is 0 Å². The summed E-state index contributed by atoms with van der Waals surface area (Å²) >= 11 is 0. The highest BCUT2D eigenvalue weighted by atomic mass is 16.6. The summed E-state index contributed by atoms with van der Waals surface area (Å²) in [6.45, 7) is -0.500. The van der Waals surface area contributed by atoms with Gasteiger partial charge in [0.25, 0.3) is 5.69 Å². The SMILES string of the molecule is O=C([O-])Cn1nnc(-c2ccc([N+](=O)[O-])cc2)n1.